The monoisotopic (exact) mass is 453 g/mol. The van der Waals surface area contributed by atoms with E-state index in [1.165, 1.54) is 10.6 Å². The van der Waals surface area contributed by atoms with Crippen molar-refractivity contribution in [1.82, 2.24) is 9.55 Å². The number of halogens is 2. The Balaban J connectivity index is 2.28. The van der Waals surface area contributed by atoms with Gasteiger partial charge in [-0.25, -0.2) is 4.45 Å². The minimum Gasteiger partial charge on any atom is -0.504 e. The number of benzene rings is 1. The third kappa shape index (κ3) is 3.27. The lowest BCUT2D eigenvalue weighted by Crippen LogP contribution is -2.15. The molecule has 5 nitrogen and oxygen atoms in total. The molecule has 0 aliphatic carbocycles. The molecule has 1 aromatic carbocycles. The summed E-state index contributed by atoms with van der Waals surface area (Å²) in [7, 11) is 0. The van der Waals surface area contributed by atoms with Gasteiger partial charge in [0.1, 0.15) is 0 Å². The van der Waals surface area contributed by atoms with Gasteiger partial charge in [-0.3, -0.25) is 4.79 Å². The molecule has 0 bridgehead atoms. The summed E-state index contributed by atoms with van der Waals surface area (Å²) >= 11 is 5.47. The van der Waals surface area contributed by atoms with E-state index in [0.717, 1.165) is 10.0 Å². The number of carbonyl (C=O) groups excluding carboxylic acids is 1. The highest BCUT2D eigenvalue weighted by Crippen LogP contribution is 2.30. The van der Waals surface area contributed by atoms with E-state index >= 15 is 0 Å². The Bertz CT molecular complexity index is 632. The molecule has 0 radical (unpaired) electrons. The normalized spacial score (nSPS) is 11.1. The molecule has 0 fully saturated rings. The smallest absolute Gasteiger partial charge is 0.278 e. The van der Waals surface area contributed by atoms with Crippen LogP contribution in [0.3, 0.4) is 0 Å². The summed E-state index contributed by atoms with van der Waals surface area (Å²) in [5, 5.41) is 16.4. The third-order valence-electron chi connectivity index (χ3n) is 2.48. The minimum absolute atomic E-state index is 0.114. The maximum Gasteiger partial charge on any atom is 0.278 e. The molecule has 1 heterocycles. The second kappa shape index (κ2) is 6.19. The fraction of sp³-hybridized carbons (Fsp3) is 0.0909. The summed E-state index contributed by atoms with van der Waals surface area (Å²) in [6.07, 6.45) is 1.52. The first-order chi connectivity index (χ1) is 9.02. The molecule has 2 rings (SSSR count). The molecule has 100 valence electrons. The zero-order valence-electron chi connectivity index (χ0n) is 9.82. The molecule has 0 aliphatic rings. The first-order valence-electron chi connectivity index (χ1n) is 5.24. The quantitative estimate of drug-likeness (QED) is 0.550. The molecule has 0 spiro atoms. The first kappa shape index (κ1) is 14.7. The van der Waals surface area contributed by atoms with Gasteiger partial charge in [0.2, 0.25) is 0 Å². The van der Waals surface area contributed by atoms with Crippen molar-refractivity contribution in [3.05, 3.63) is 40.1 Å². The van der Waals surface area contributed by atoms with E-state index in [2.05, 4.69) is 48.4 Å². The molecule has 0 saturated heterocycles. The number of carbonyl (C=O) groups is 1. The molecule has 2 aromatic rings. The summed E-state index contributed by atoms with van der Waals surface area (Å²) in [5.41, 5.74) is 1.82. The molecule has 1 atom stereocenters. The fourth-order valence-electron chi connectivity index (χ4n) is 1.57. The summed E-state index contributed by atoms with van der Waals surface area (Å²) in [5.74, 6) is -0.485. The third-order valence-corrected chi connectivity index (χ3v) is 4.85. The van der Waals surface area contributed by atoms with E-state index in [0.29, 0.717) is 5.69 Å². The minimum atomic E-state index is -0.371. The topological polar surface area (TPSA) is 67.2 Å². The van der Waals surface area contributed by atoms with Crippen LogP contribution in [0.4, 0.5) is 5.69 Å². The Morgan fingerprint density at radius 1 is 1.58 bits per heavy atom. The van der Waals surface area contributed by atoms with Gasteiger partial charge in [0, 0.05) is 10.2 Å². The molecule has 0 aliphatic heterocycles. The maximum absolute atomic E-state index is 12.2. The van der Waals surface area contributed by atoms with Crippen LogP contribution in [0.5, 0.6) is 5.75 Å². The van der Waals surface area contributed by atoms with Gasteiger partial charge in [-0.2, -0.15) is 5.10 Å². The molecule has 8 heteroatoms. The molecular weight excluding hydrogens is 444 g/mol. The van der Waals surface area contributed by atoms with Gasteiger partial charge in [0.15, 0.2) is 11.4 Å². The van der Waals surface area contributed by atoms with Crippen molar-refractivity contribution in [3.8, 4) is 5.75 Å². The molecule has 19 heavy (non-hydrogen) atoms. The predicted molar refractivity (Wildman–Crippen MR) is 88.5 cm³/mol. The second-order valence-electron chi connectivity index (χ2n) is 3.79. The van der Waals surface area contributed by atoms with Gasteiger partial charge in [-0.15, -0.1) is 0 Å². The van der Waals surface area contributed by atoms with Crippen molar-refractivity contribution < 1.29 is 9.90 Å². The molecule has 0 saturated carbocycles. The number of anilines is 1. The lowest BCUT2D eigenvalue weighted by molar-refractivity contribution is 0.101. The van der Waals surface area contributed by atoms with Gasteiger partial charge in [0.05, 0.1) is 12.6 Å². The van der Waals surface area contributed by atoms with E-state index in [1.54, 1.807) is 6.07 Å². The van der Waals surface area contributed by atoms with Crippen LogP contribution in [0.2, 0.25) is 0 Å². The largest absolute Gasteiger partial charge is 0.504 e. The number of nitrogens with zero attached hydrogens (tertiary/aromatic N) is 2. The number of hydrogen-bond acceptors (Lipinski definition) is 3. The molecule has 1 unspecified atom stereocenters. The predicted octanol–water partition coefficient (Wildman–Crippen LogP) is 3.70. The lowest BCUT2D eigenvalue weighted by Gasteiger charge is -2.09. The fourth-order valence-corrected chi connectivity index (χ4v) is 3.54. The van der Waals surface area contributed by atoms with Crippen molar-refractivity contribution in [2.24, 2.45) is 0 Å². The standard InChI is InChI=1S/C11H10BrIN3O2P/c1-6-4-7(12)2-3-8(6)15-11(18)10-9(17)5-14-16(10)19-13/h2-5,17,19H,1H3,(H,15,18). The van der Waals surface area contributed by atoms with E-state index in [-0.39, 0.29) is 23.7 Å². The molecule has 2 N–H and O–H groups in total. The Labute approximate surface area is 133 Å². The van der Waals surface area contributed by atoms with Crippen molar-refractivity contribution in [3.63, 3.8) is 0 Å². The first-order valence-corrected chi connectivity index (χ1v) is 10.1. The van der Waals surface area contributed by atoms with E-state index < -0.39 is 0 Å². The maximum atomic E-state index is 12.2. The van der Waals surface area contributed by atoms with Gasteiger partial charge >= 0.3 is 0 Å². The molecule has 1 aromatic heterocycles. The highest BCUT2D eigenvalue weighted by Gasteiger charge is 2.18. The average molecular weight is 454 g/mol. The number of aromatic nitrogens is 2. The zero-order valence-corrected chi connectivity index (χ0v) is 14.6. The second-order valence-corrected chi connectivity index (χ2v) is 6.74. The van der Waals surface area contributed by atoms with Crippen LogP contribution in [-0.4, -0.2) is 20.6 Å². The highest BCUT2D eigenvalue weighted by molar-refractivity contribution is 14.2. The van der Waals surface area contributed by atoms with Crippen molar-refractivity contribution in [2.75, 3.05) is 5.32 Å². The number of rotatable bonds is 3. The van der Waals surface area contributed by atoms with Crippen molar-refractivity contribution >= 4 is 55.9 Å². The number of aryl methyl sites for hydroxylation is 1. The number of aromatic hydroxyl groups is 1. The SMILES string of the molecule is Cc1cc(Br)ccc1NC(=O)c1c(O)cnn1PI. The van der Waals surface area contributed by atoms with Gasteiger partial charge < -0.3 is 10.4 Å². The van der Waals surface area contributed by atoms with E-state index in [9.17, 15) is 9.90 Å². The lowest BCUT2D eigenvalue weighted by atomic mass is 10.2. The van der Waals surface area contributed by atoms with Gasteiger partial charge in [0.25, 0.3) is 5.91 Å². The Hall–Kier alpha value is -0.660. The number of nitrogens with one attached hydrogen (secondary N) is 1. The van der Waals surface area contributed by atoms with Crippen molar-refractivity contribution in [1.29, 1.82) is 0 Å². The van der Waals surface area contributed by atoms with E-state index in [1.807, 2.05) is 19.1 Å². The number of amides is 1. The summed E-state index contributed by atoms with van der Waals surface area (Å²) < 4.78 is 2.42. The molecular formula is C11H10BrIN3O2P. The van der Waals surface area contributed by atoms with Crippen LogP contribution in [0.25, 0.3) is 0 Å². The van der Waals surface area contributed by atoms with E-state index in [4.69, 9.17) is 0 Å². The van der Waals surface area contributed by atoms with Crippen LogP contribution < -0.4 is 5.32 Å². The highest BCUT2D eigenvalue weighted by atomic mass is 127. The Kier molecular flexibility index (Phi) is 4.81. The van der Waals surface area contributed by atoms with Crippen molar-refractivity contribution in [2.45, 2.75) is 6.92 Å². The van der Waals surface area contributed by atoms with Gasteiger partial charge in [-0.1, -0.05) is 15.9 Å². The average Bonchev–Trinajstić information content (AvgIpc) is 2.74. The Morgan fingerprint density at radius 3 is 2.95 bits per heavy atom. The summed E-state index contributed by atoms with van der Waals surface area (Å²) in [4.78, 5) is 12.2. The summed E-state index contributed by atoms with van der Waals surface area (Å²) in [6, 6.07) is 5.56. The van der Waals surface area contributed by atoms with Crippen LogP contribution in [-0.2, 0) is 0 Å². The van der Waals surface area contributed by atoms with Gasteiger partial charge in [-0.05, 0) is 52.7 Å². The molecule has 1 amide bonds. The summed E-state index contributed by atoms with van der Waals surface area (Å²) in [6.45, 7) is 1.90. The van der Waals surface area contributed by atoms with Crippen LogP contribution in [0, 0.1) is 6.92 Å². The van der Waals surface area contributed by atoms with Crippen LogP contribution in [0.1, 0.15) is 16.1 Å². The zero-order chi connectivity index (χ0) is 14.0. The Morgan fingerprint density at radius 2 is 2.32 bits per heavy atom. The van der Waals surface area contributed by atoms with Crippen LogP contribution in [0.15, 0.2) is 28.9 Å². The van der Waals surface area contributed by atoms with Crippen LogP contribution >= 0.6 is 44.3 Å². The number of hydrogen-bond donors (Lipinski definition) is 2.